The fourth-order valence-corrected chi connectivity index (χ4v) is 3.93. The van der Waals surface area contributed by atoms with Crippen LogP contribution in [0.1, 0.15) is 16.6 Å². The first-order valence-corrected chi connectivity index (χ1v) is 9.80. The molecular formula is C18H22N2O6S. The van der Waals surface area contributed by atoms with Gasteiger partial charge in [0, 0.05) is 20.2 Å². The van der Waals surface area contributed by atoms with E-state index in [1.807, 2.05) is 6.92 Å². The molecule has 0 aliphatic rings. The second-order valence-corrected chi connectivity index (χ2v) is 7.95. The van der Waals surface area contributed by atoms with Crippen LogP contribution in [-0.2, 0) is 24.2 Å². The molecule has 2 N–H and O–H groups in total. The van der Waals surface area contributed by atoms with E-state index in [1.54, 1.807) is 18.2 Å². The number of ether oxygens (including phenoxy) is 1. The minimum Gasteiger partial charge on any atom is -0.468 e. The molecule has 0 spiro atoms. The minimum absolute atomic E-state index is 0.105. The van der Waals surface area contributed by atoms with Crippen molar-refractivity contribution in [2.24, 2.45) is 0 Å². The first-order valence-electron chi connectivity index (χ1n) is 8.25. The van der Waals surface area contributed by atoms with Gasteiger partial charge < -0.3 is 19.8 Å². The standard InChI is InChI=1S/C18H22N2O6S/c1-13-5-7-14(8-6-13)27(23,24)16(15-4-3-10-26-15)12-20-18(22)17(21)19-9-11-25-2/h3-8,10,16H,9,11-12H2,1-2H3,(H,19,21)(H,20,22). The van der Waals surface area contributed by atoms with Crippen LogP contribution in [0.15, 0.2) is 52.0 Å². The smallest absolute Gasteiger partial charge is 0.309 e. The lowest BCUT2D eigenvalue weighted by Crippen LogP contribution is -2.43. The van der Waals surface area contributed by atoms with E-state index in [1.165, 1.54) is 31.6 Å². The van der Waals surface area contributed by atoms with E-state index in [0.717, 1.165) is 5.56 Å². The third kappa shape index (κ3) is 5.41. The van der Waals surface area contributed by atoms with E-state index < -0.39 is 26.9 Å². The lowest BCUT2D eigenvalue weighted by Gasteiger charge is -2.16. The summed E-state index contributed by atoms with van der Waals surface area (Å²) in [5, 5.41) is 3.56. The molecule has 9 heteroatoms. The molecule has 0 saturated heterocycles. The van der Waals surface area contributed by atoms with Crippen LogP contribution in [0.25, 0.3) is 0 Å². The number of hydrogen-bond donors (Lipinski definition) is 2. The van der Waals surface area contributed by atoms with Crippen LogP contribution in [-0.4, -0.2) is 47.0 Å². The number of furan rings is 1. The SMILES string of the molecule is COCCNC(=O)C(=O)NCC(c1ccco1)S(=O)(=O)c1ccc(C)cc1. The summed E-state index contributed by atoms with van der Waals surface area (Å²) in [5.74, 6) is -1.62. The number of carbonyl (C=O) groups excluding carboxylic acids is 2. The number of rotatable bonds is 8. The van der Waals surface area contributed by atoms with Crippen molar-refractivity contribution in [3.05, 3.63) is 54.0 Å². The molecule has 2 aromatic rings. The highest BCUT2D eigenvalue weighted by atomic mass is 32.2. The summed E-state index contributed by atoms with van der Waals surface area (Å²) in [7, 11) is -2.37. The van der Waals surface area contributed by atoms with E-state index in [-0.39, 0.29) is 30.4 Å². The van der Waals surface area contributed by atoms with Crippen LogP contribution in [0.3, 0.4) is 0 Å². The van der Waals surface area contributed by atoms with Gasteiger partial charge in [-0.3, -0.25) is 9.59 Å². The van der Waals surface area contributed by atoms with Gasteiger partial charge >= 0.3 is 11.8 Å². The largest absolute Gasteiger partial charge is 0.468 e. The zero-order valence-electron chi connectivity index (χ0n) is 15.1. The highest BCUT2D eigenvalue weighted by Crippen LogP contribution is 2.29. The van der Waals surface area contributed by atoms with Gasteiger partial charge in [-0.1, -0.05) is 17.7 Å². The molecule has 1 aromatic carbocycles. The number of amides is 2. The van der Waals surface area contributed by atoms with Gasteiger partial charge in [0.05, 0.1) is 17.8 Å². The third-order valence-corrected chi connectivity index (χ3v) is 5.91. The van der Waals surface area contributed by atoms with Gasteiger partial charge in [-0.25, -0.2) is 8.42 Å². The summed E-state index contributed by atoms with van der Waals surface area (Å²) >= 11 is 0. The fourth-order valence-electron chi connectivity index (χ4n) is 2.34. The monoisotopic (exact) mass is 394 g/mol. The van der Waals surface area contributed by atoms with Crippen LogP contribution in [0.2, 0.25) is 0 Å². The predicted octanol–water partition coefficient (Wildman–Crippen LogP) is 0.982. The van der Waals surface area contributed by atoms with Crippen LogP contribution in [0, 0.1) is 6.92 Å². The van der Waals surface area contributed by atoms with E-state index in [2.05, 4.69) is 10.6 Å². The molecular weight excluding hydrogens is 372 g/mol. The Labute approximate surface area is 157 Å². The molecule has 1 aromatic heterocycles. The number of hydrogen-bond acceptors (Lipinski definition) is 6. The van der Waals surface area contributed by atoms with Gasteiger partial charge in [-0.05, 0) is 31.2 Å². The number of carbonyl (C=O) groups is 2. The van der Waals surface area contributed by atoms with Crippen molar-refractivity contribution < 1.29 is 27.2 Å². The highest BCUT2D eigenvalue weighted by molar-refractivity contribution is 7.91. The molecule has 0 saturated carbocycles. The maximum atomic E-state index is 13.0. The summed E-state index contributed by atoms with van der Waals surface area (Å²) in [6.07, 6.45) is 1.35. The van der Waals surface area contributed by atoms with E-state index in [4.69, 9.17) is 9.15 Å². The Morgan fingerprint density at radius 2 is 1.78 bits per heavy atom. The van der Waals surface area contributed by atoms with Crippen molar-refractivity contribution >= 4 is 21.7 Å². The number of methoxy groups -OCH3 is 1. The second-order valence-electron chi connectivity index (χ2n) is 5.82. The Kier molecular flexibility index (Phi) is 7.14. The van der Waals surface area contributed by atoms with E-state index in [9.17, 15) is 18.0 Å². The molecule has 8 nitrogen and oxygen atoms in total. The zero-order valence-corrected chi connectivity index (χ0v) is 15.9. The molecule has 1 unspecified atom stereocenters. The molecule has 27 heavy (non-hydrogen) atoms. The molecule has 146 valence electrons. The Morgan fingerprint density at radius 3 is 2.37 bits per heavy atom. The van der Waals surface area contributed by atoms with Crippen LogP contribution >= 0.6 is 0 Å². The van der Waals surface area contributed by atoms with Crippen molar-refractivity contribution in [2.45, 2.75) is 17.1 Å². The maximum absolute atomic E-state index is 13.0. The van der Waals surface area contributed by atoms with Crippen LogP contribution in [0.4, 0.5) is 0 Å². The molecule has 1 atom stereocenters. The van der Waals surface area contributed by atoms with Crippen molar-refractivity contribution in [2.75, 3.05) is 26.8 Å². The van der Waals surface area contributed by atoms with Crippen LogP contribution < -0.4 is 10.6 Å². The first-order chi connectivity index (χ1) is 12.9. The molecule has 0 aliphatic heterocycles. The molecule has 0 fully saturated rings. The molecule has 0 aliphatic carbocycles. The number of sulfone groups is 1. The normalized spacial score (nSPS) is 12.4. The summed E-state index contributed by atoms with van der Waals surface area (Å²) in [5.41, 5.74) is 0.921. The van der Waals surface area contributed by atoms with Gasteiger partial charge in [0.1, 0.15) is 11.0 Å². The Bertz CT molecular complexity index is 860. The lowest BCUT2D eigenvalue weighted by atomic mass is 10.2. The third-order valence-electron chi connectivity index (χ3n) is 3.83. The van der Waals surface area contributed by atoms with E-state index in [0.29, 0.717) is 0 Å². The average Bonchev–Trinajstić information content (AvgIpc) is 3.16. The van der Waals surface area contributed by atoms with E-state index >= 15 is 0 Å². The highest BCUT2D eigenvalue weighted by Gasteiger charge is 2.32. The second kappa shape index (κ2) is 9.33. The molecule has 2 amide bonds. The van der Waals surface area contributed by atoms with Gasteiger partial charge in [0.25, 0.3) is 0 Å². The fraction of sp³-hybridized carbons (Fsp3) is 0.333. The van der Waals surface area contributed by atoms with Gasteiger partial charge in [0.15, 0.2) is 9.84 Å². The zero-order chi connectivity index (χ0) is 19.9. The summed E-state index contributed by atoms with van der Waals surface area (Å²) in [4.78, 5) is 23.8. The van der Waals surface area contributed by atoms with Gasteiger partial charge in [-0.2, -0.15) is 0 Å². The quantitative estimate of drug-likeness (QED) is 0.510. The van der Waals surface area contributed by atoms with Gasteiger partial charge in [-0.15, -0.1) is 0 Å². The summed E-state index contributed by atoms with van der Waals surface area (Å²) in [6, 6.07) is 9.45. The van der Waals surface area contributed by atoms with Gasteiger partial charge in [0.2, 0.25) is 0 Å². The molecule has 0 radical (unpaired) electrons. The number of benzene rings is 1. The molecule has 1 heterocycles. The lowest BCUT2D eigenvalue weighted by molar-refractivity contribution is -0.139. The number of nitrogens with one attached hydrogen (secondary N) is 2. The van der Waals surface area contributed by atoms with Crippen molar-refractivity contribution in [3.63, 3.8) is 0 Å². The topological polar surface area (TPSA) is 115 Å². The Balaban J connectivity index is 2.15. The Morgan fingerprint density at radius 1 is 1.11 bits per heavy atom. The maximum Gasteiger partial charge on any atom is 0.309 e. The van der Waals surface area contributed by atoms with Crippen molar-refractivity contribution in [1.82, 2.24) is 10.6 Å². The van der Waals surface area contributed by atoms with Crippen molar-refractivity contribution in [1.29, 1.82) is 0 Å². The molecule has 2 rings (SSSR count). The first kappa shape index (κ1) is 20.7. The molecule has 0 bridgehead atoms. The van der Waals surface area contributed by atoms with Crippen LogP contribution in [0.5, 0.6) is 0 Å². The summed E-state index contributed by atoms with van der Waals surface area (Å²) < 4.78 is 36.0. The minimum atomic E-state index is -3.84. The Hall–Kier alpha value is -2.65. The average molecular weight is 394 g/mol. The van der Waals surface area contributed by atoms with Crippen molar-refractivity contribution in [3.8, 4) is 0 Å². The summed E-state index contributed by atoms with van der Waals surface area (Å²) in [6.45, 7) is 1.98. The number of aryl methyl sites for hydroxylation is 1. The predicted molar refractivity (Wildman–Crippen MR) is 97.7 cm³/mol.